The summed E-state index contributed by atoms with van der Waals surface area (Å²) in [5.41, 5.74) is 0.908. The first-order valence-electron chi connectivity index (χ1n) is 3.95. The minimum absolute atomic E-state index is 0.231. The quantitative estimate of drug-likeness (QED) is 0.653. The highest BCUT2D eigenvalue weighted by Gasteiger charge is 2.03. The lowest BCUT2D eigenvalue weighted by Gasteiger charge is -2.05. The summed E-state index contributed by atoms with van der Waals surface area (Å²) >= 11 is 8.67. The van der Waals surface area contributed by atoms with Crippen molar-refractivity contribution in [1.29, 1.82) is 0 Å². The topological polar surface area (TPSA) is 12.0 Å². The lowest BCUT2D eigenvalue weighted by atomic mass is 10.2. The van der Waals surface area contributed by atoms with E-state index in [-0.39, 0.29) is 5.82 Å². The van der Waals surface area contributed by atoms with Gasteiger partial charge in [-0.2, -0.15) is 0 Å². The molecule has 0 fully saturated rings. The molecule has 1 aromatic rings. The van der Waals surface area contributed by atoms with E-state index in [0.717, 1.165) is 12.1 Å². The third kappa shape index (κ3) is 3.25. The second kappa shape index (κ2) is 5.58. The molecule has 1 rings (SSSR count). The highest BCUT2D eigenvalue weighted by atomic mass is 79.9. The third-order valence-corrected chi connectivity index (χ3v) is 2.70. The molecule has 0 unspecified atom stereocenters. The number of halogens is 3. The van der Waals surface area contributed by atoms with Crippen LogP contribution >= 0.6 is 27.5 Å². The molecule has 0 saturated carbocycles. The molecule has 1 N–H and O–H groups in total. The number of benzene rings is 1. The van der Waals surface area contributed by atoms with Crippen LogP contribution in [0, 0.1) is 5.82 Å². The van der Waals surface area contributed by atoms with Crippen molar-refractivity contribution < 1.29 is 4.39 Å². The number of alkyl halides is 1. The van der Waals surface area contributed by atoms with Gasteiger partial charge >= 0.3 is 0 Å². The Balaban J connectivity index is 2.61. The Bertz CT molecular complexity index is 280. The van der Waals surface area contributed by atoms with Crippen molar-refractivity contribution in [3.63, 3.8) is 0 Å². The minimum Gasteiger partial charge on any atom is -0.311 e. The predicted octanol–water partition coefficient (Wildman–Crippen LogP) is 2.92. The molecule has 4 heteroatoms. The van der Waals surface area contributed by atoms with Crippen molar-refractivity contribution in [2.75, 3.05) is 12.4 Å². The van der Waals surface area contributed by atoms with Crippen LogP contribution in [0.2, 0.25) is 0 Å². The van der Waals surface area contributed by atoms with E-state index in [1.165, 1.54) is 6.07 Å². The molecule has 0 aliphatic rings. The first-order valence-corrected chi connectivity index (χ1v) is 5.28. The van der Waals surface area contributed by atoms with Crippen molar-refractivity contribution in [1.82, 2.24) is 5.32 Å². The zero-order chi connectivity index (χ0) is 9.68. The van der Waals surface area contributed by atoms with Gasteiger partial charge < -0.3 is 5.32 Å². The van der Waals surface area contributed by atoms with Gasteiger partial charge in [-0.25, -0.2) is 4.39 Å². The van der Waals surface area contributed by atoms with Crippen LogP contribution in [0.3, 0.4) is 0 Å². The molecule has 0 aliphatic carbocycles. The third-order valence-electron chi connectivity index (χ3n) is 1.62. The van der Waals surface area contributed by atoms with Crippen molar-refractivity contribution in [3.8, 4) is 0 Å². The Morgan fingerprint density at radius 1 is 1.46 bits per heavy atom. The van der Waals surface area contributed by atoms with Crippen LogP contribution in [-0.2, 0) is 6.54 Å². The summed E-state index contributed by atoms with van der Waals surface area (Å²) in [5, 5.41) is 3.09. The summed E-state index contributed by atoms with van der Waals surface area (Å²) in [4.78, 5) is 0. The molecule has 0 heterocycles. The van der Waals surface area contributed by atoms with Crippen molar-refractivity contribution in [2.24, 2.45) is 0 Å². The minimum atomic E-state index is -0.231. The van der Waals surface area contributed by atoms with Crippen LogP contribution in [0.15, 0.2) is 22.7 Å². The molecule has 1 nitrogen and oxygen atoms in total. The van der Waals surface area contributed by atoms with Gasteiger partial charge in [0.05, 0.1) is 4.47 Å². The molecule has 0 spiro atoms. The van der Waals surface area contributed by atoms with Gasteiger partial charge in [-0.3, -0.25) is 0 Å². The zero-order valence-electron chi connectivity index (χ0n) is 6.99. The summed E-state index contributed by atoms with van der Waals surface area (Å²) in [5.74, 6) is 0.331. The molecule has 0 radical (unpaired) electrons. The molecule has 0 atom stereocenters. The van der Waals surface area contributed by atoms with Gasteiger partial charge in [0.1, 0.15) is 5.82 Å². The van der Waals surface area contributed by atoms with Crippen LogP contribution in [-0.4, -0.2) is 12.4 Å². The van der Waals surface area contributed by atoms with Crippen molar-refractivity contribution in [3.05, 3.63) is 34.1 Å². The summed E-state index contributed by atoms with van der Waals surface area (Å²) in [6.07, 6.45) is 0. The van der Waals surface area contributed by atoms with E-state index in [1.807, 2.05) is 6.07 Å². The smallest absolute Gasteiger partial charge is 0.137 e. The van der Waals surface area contributed by atoms with Crippen LogP contribution in [0.1, 0.15) is 5.56 Å². The van der Waals surface area contributed by atoms with E-state index in [4.69, 9.17) is 11.6 Å². The fourth-order valence-electron chi connectivity index (χ4n) is 0.975. The van der Waals surface area contributed by atoms with Gasteiger partial charge in [-0.15, -0.1) is 11.6 Å². The molecule has 13 heavy (non-hydrogen) atoms. The van der Waals surface area contributed by atoms with Crippen LogP contribution in [0.5, 0.6) is 0 Å². The van der Waals surface area contributed by atoms with Gasteiger partial charge in [0.2, 0.25) is 0 Å². The first kappa shape index (κ1) is 11.0. The molecular formula is C9H10BrClFN. The Morgan fingerprint density at radius 2 is 2.23 bits per heavy atom. The van der Waals surface area contributed by atoms with Crippen LogP contribution in [0.4, 0.5) is 4.39 Å². The van der Waals surface area contributed by atoms with E-state index in [2.05, 4.69) is 21.2 Å². The standard InChI is InChI=1S/C9H10BrClFN/c10-9-7(6-13-5-4-11)2-1-3-8(9)12/h1-3,13H,4-6H2. The van der Waals surface area contributed by atoms with E-state index in [9.17, 15) is 4.39 Å². The molecular weight excluding hydrogens is 256 g/mol. The fourth-order valence-corrected chi connectivity index (χ4v) is 1.51. The van der Waals surface area contributed by atoms with Gasteiger partial charge in [-0.1, -0.05) is 12.1 Å². The Morgan fingerprint density at radius 3 is 2.92 bits per heavy atom. The fraction of sp³-hybridized carbons (Fsp3) is 0.333. The Hall–Kier alpha value is -0.120. The largest absolute Gasteiger partial charge is 0.311 e. The Labute approximate surface area is 90.4 Å². The van der Waals surface area contributed by atoms with Gasteiger partial charge in [-0.05, 0) is 27.6 Å². The molecule has 0 amide bonds. The van der Waals surface area contributed by atoms with Crippen molar-refractivity contribution >= 4 is 27.5 Å². The summed E-state index contributed by atoms with van der Waals surface area (Å²) in [6, 6.07) is 4.99. The Kier molecular flexibility index (Phi) is 4.70. The van der Waals surface area contributed by atoms with Gasteiger partial charge in [0.25, 0.3) is 0 Å². The SMILES string of the molecule is Fc1cccc(CNCCCl)c1Br. The number of rotatable bonds is 4. The lowest BCUT2D eigenvalue weighted by molar-refractivity contribution is 0.614. The number of hydrogen-bond acceptors (Lipinski definition) is 1. The number of hydrogen-bond donors (Lipinski definition) is 1. The number of nitrogens with one attached hydrogen (secondary N) is 1. The predicted molar refractivity (Wildman–Crippen MR) is 56.5 cm³/mol. The normalized spacial score (nSPS) is 10.4. The molecule has 72 valence electrons. The van der Waals surface area contributed by atoms with Gasteiger partial charge in [0, 0.05) is 19.0 Å². The molecule has 0 aromatic heterocycles. The molecule has 1 aromatic carbocycles. The van der Waals surface area contributed by atoms with E-state index < -0.39 is 0 Å². The maximum atomic E-state index is 13.0. The second-order valence-corrected chi connectivity index (χ2v) is 3.75. The summed E-state index contributed by atoms with van der Waals surface area (Å²) < 4.78 is 13.5. The van der Waals surface area contributed by atoms with Gasteiger partial charge in [0.15, 0.2) is 0 Å². The molecule has 0 aliphatic heterocycles. The molecule has 0 saturated heterocycles. The maximum absolute atomic E-state index is 13.0. The summed E-state index contributed by atoms with van der Waals surface area (Å²) in [7, 11) is 0. The highest BCUT2D eigenvalue weighted by Crippen LogP contribution is 2.19. The highest BCUT2D eigenvalue weighted by molar-refractivity contribution is 9.10. The second-order valence-electron chi connectivity index (χ2n) is 2.58. The average Bonchev–Trinajstić information content (AvgIpc) is 2.13. The monoisotopic (exact) mass is 265 g/mol. The van der Waals surface area contributed by atoms with E-state index >= 15 is 0 Å². The zero-order valence-corrected chi connectivity index (χ0v) is 9.33. The average molecular weight is 267 g/mol. The first-order chi connectivity index (χ1) is 6.25. The lowest BCUT2D eigenvalue weighted by Crippen LogP contribution is -2.16. The molecule has 0 bridgehead atoms. The maximum Gasteiger partial charge on any atom is 0.137 e. The van der Waals surface area contributed by atoms with Crippen molar-refractivity contribution in [2.45, 2.75) is 6.54 Å². The van der Waals surface area contributed by atoms with E-state index in [1.54, 1.807) is 6.07 Å². The van der Waals surface area contributed by atoms with Crippen LogP contribution < -0.4 is 5.32 Å². The van der Waals surface area contributed by atoms with E-state index in [0.29, 0.717) is 16.9 Å². The summed E-state index contributed by atoms with van der Waals surface area (Å²) in [6.45, 7) is 1.36. The van der Waals surface area contributed by atoms with Crippen LogP contribution in [0.25, 0.3) is 0 Å².